The second-order valence-electron chi connectivity index (χ2n) is 7.65. The van der Waals surface area contributed by atoms with E-state index in [2.05, 4.69) is 24.3 Å². The third-order valence-corrected chi connectivity index (χ3v) is 6.33. The van der Waals surface area contributed by atoms with Gasteiger partial charge < -0.3 is 14.7 Å². The summed E-state index contributed by atoms with van der Waals surface area (Å²) in [5.41, 5.74) is 1.35. The maximum atomic E-state index is 13.0. The van der Waals surface area contributed by atoms with E-state index < -0.39 is 11.6 Å². The first-order valence-electron chi connectivity index (χ1n) is 9.27. The molecule has 5 nitrogen and oxygen atoms in total. The molecule has 0 bridgehead atoms. The van der Waals surface area contributed by atoms with Gasteiger partial charge in [-0.15, -0.1) is 0 Å². The van der Waals surface area contributed by atoms with Crippen molar-refractivity contribution in [3.05, 3.63) is 35.4 Å². The molecule has 1 spiro atoms. The van der Waals surface area contributed by atoms with Crippen molar-refractivity contribution in [1.82, 2.24) is 4.90 Å². The Morgan fingerprint density at radius 2 is 1.96 bits per heavy atom. The molecule has 2 atom stereocenters. The highest BCUT2D eigenvalue weighted by Gasteiger charge is 2.62. The van der Waals surface area contributed by atoms with Crippen LogP contribution in [0.4, 0.5) is 0 Å². The van der Waals surface area contributed by atoms with Crippen LogP contribution in [0.25, 0.3) is 0 Å². The number of piperidine rings is 1. The predicted molar refractivity (Wildman–Crippen MR) is 91.9 cm³/mol. The molecule has 3 aliphatic rings. The van der Waals surface area contributed by atoms with Crippen molar-refractivity contribution in [2.75, 3.05) is 19.7 Å². The number of nitrogens with zero attached hydrogens (tertiary/aromatic N) is 1. The molecule has 0 aromatic heterocycles. The Bertz CT molecular complexity index is 707. The minimum atomic E-state index is -1.44. The fourth-order valence-corrected chi connectivity index (χ4v) is 4.71. The summed E-state index contributed by atoms with van der Waals surface area (Å²) >= 11 is 0. The van der Waals surface area contributed by atoms with Crippen LogP contribution in [0.3, 0.4) is 0 Å². The summed E-state index contributed by atoms with van der Waals surface area (Å²) < 4.78 is 4.96. The number of benzene rings is 1. The number of amides is 1. The molecule has 1 saturated heterocycles. The summed E-state index contributed by atoms with van der Waals surface area (Å²) in [7, 11) is 0. The van der Waals surface area contributed by atoms with Crippen LogP contribution in [0.1, 0.15) is 43.7 Å². The number of aliphatic hydroxyl groups is 1. The van der Waals surface area contributed by atoms with Crippen LogP contribution in [-0.4, -0.2) is 47.2 Å². The van der Waals surface area contributed by atoms with Gasteiger partial charge in [-0.2, -0.15) is 0 Å². The molecule has 1 heterocycles. The molecule has 134 valence electrons. The van der Waals surface area contributed by atoms with Gasteiger partial charge in [-0.05, 0) is 37.3 Å². The summed E-state index contributed by atoms with van der Waals surface area (Å²) in [5.74, 6) is -0.317. The third-order valence-electron chi connectivity index (χ3n) is 6.33. The van der Waals surface area contributed by atoms with Gasteiger partial charge in [0, 0.05) is 37.3 Å². The molecular formula is C20H25NO4. The van der Waals surface area contributed by atoms with Crippen molar-refractivity contribution in [3.63, 3.8) is 0 Å². The van der Waals surface area contributed by atoms with Gasteiger partial charge >= 0.3 is 5.97 Å². The smallest absolute Gasteiger partial charge is 0.338 e. The Morgan fingerprint density at radius 3 is 2.68 bits per heavy atom. The number of likely N-dealkylation sites (tertiary alicyclic amines) is 1. The van der Waals surface area contributed by atoms with Crippen LogP contribution in [0, 0.1) is 5.92 Å². The molecule has 0 unspecified atom stereocenters. The summed E-state index contributed by atoms with van der Waals surface area (Å²) in [6, 6.07) is 8.47. The average Bonchev–Trinajstić information content (AvgIpc) is 3.24. The highest BCUT2D eigenvalue weighted by molar-refractivity contribution is 5.86. The quantitative estimate of drug-likeness (QED) is 0.850. The molecular weight excluding hydrogens is 318 g/mol. The van der Waals surface area contributed by atoms with E-state index in [1.807, 2.05) is 4.90 Å². The lowest BCUT2D eigenvalue weighted by Crippen LogP contribution is -2.52. The first kappa shape index (κ1) is 16.6. The van der Waals surface area contributed by atoms with Gasteiger partial charge in [0.2, 0.25) is 5.91 Å². The van der Waals surface area contributed by atoms with Gasteiger partial charge in [0.15, 0.2) is 5.60 Å². The average molecular weight is 343 g/mol. The van der Waals surface area contributed by atoms with Crippen LogP contribution in [-0.2, 0) is 26.2 Å². The Hall–Kier alpha value is -1.88. The fraction of sp³-hybridized carbons (Fsp3) is 0.600. The van der Waals surface area contributed by atoms with E-state index in [0.29, 0.717) is 13.1 Å². The van der Waals surface area contributed by atoms with E-state index in [1.165, 1.54) is 11.1 Å². The standard InChI is InChI=1S/C20H25NO4/c1-2-25-18(23)20(24)9-11-21(12-10-20)17(22)16-13-19(16)8-7-14-5-3-4-6-15(14)19/h3-6,16,24H,2,7-13H2,1H3/t16-,19-/m0/s1. The zero-order valence-electron chi connectivity index (χ0n) is 14.7. The van der Waals surface area contributed by atoms with Crippen molar-refractivity contribution in [3.8, 4) is 0 Å². The Kier molecular flexibility index (Phi) is 3.87. The number of esters is 1. The Labute approximate surface area is 148 Å². The van der Waals surface area contributed by atoms with Crippen molar-refractivity contribution in [2.24, 2.45) is 5.92 Å². The van der Waals surface area contributed by atoms with Gasteiger partial charge in [0.25, 0.3) is 0 Å². The number of hydrogen-bond acceptors (Lipinski definition) is 4. The lowest BCUT2D eigenvalue weighted by Gasteiger charge is -2.36. The van der Waals surface area contributed by atoms with E-state index in [1.54, 1.807) is 6.92 Å². The summed E-state index contributed by atoms with van der Waals surface area (Å²) in [6.07, 6.45) is 3.56. The number of hydrogen-bond donors (Lipinski definition) is 1. The first-order chi connectivity index (χ1) is 12.0. The normalized spacial score (nSPS) is 29.4. The minimum Gasteiger partial charge on any atom is -0.464 e. The fourth-order valence-electron chi connectivity index (χ4n) is 4.71. The number of carbonyl (C=O) groups excluding carboxylic acids is 2. The predicted octanol–water partition coefficient (Wildman–Crippen LogP) is 1.81. The first-order valence-corrected chi connectivity index (χ1v) is 9.27. The molecule has 0 radical (unpaired) electrons. The summed E-state index contributed by atoms with van der Waals surface area (Å²) in [4.78, 5) is 26.7. The van der Waals surface area contributed by atoms with Gasteiger partial charge in [-0.25, -0.2) is 4.79 Å². The van der Waals surface area contributed by atoms with Gasteiger partial charge in [0.05, 0.1) is 6.61 Å². The number of rotatable bonds is 3. The maximum Gasteiger partial charge on any atom is 0.338 e. The molecule has 25 heavy (non-hydrogen) atoms. The molecule has 2 aliphatic carbocycles. The van der Waals surface area contributed by atoms with E-state index in [0.717, 1.165) is 19.3 Å². The summed E-state index contributed by atoms with van der Waals surface area (Å²) in [5, 5.41) is 10.4. The second kappa shape index (κ2) is 5.84. The molecule has 5 heteroatoms. The number of aryl methyl sites for hydroxylation is 1. The van der Waals surface area contributed by atoms with E-state index >= 15 is 0 Å². The number of ether oxygens (including phenoxy) is 1. The molecule has 1 aliphatic heterocycles. The zero-order valence-corrected chi connectivity index (χ0v) is 14.7. The van der Waals surface area contributed by atoms with Gasteiger partial charge in [-0.3, -0.25) is 4.79 Å². The number of fused-ring (bicyclic) bond motifs is 2. The molecule has 1 aromatic rings. The van der Waals surface area contributed by atoms with Crippen molar-refractivity contribution in [1.29, 1.82) is 0 Å². The van der Waals surface area contributed by atoms with Crippen LogP contribution in [0.2, 0.25) is 0 Å². The van der Waals surface area contributed by atoms with Crippen molar-refractivity contribution < 1.29 is 19.4 Å². The second-order valence-corrected chi connectivity index (χ2v) is 7.65. The van der Waals surface area contributed by atoms with Crippen LogP contribution in [0.5, 0.6) is 0 Å². The lowest BCUT2D eigenvalue weighted by molar-refractivity contribution is -0.171. The topological polar surface area (TPSA) is 66.8 Å². The molecule has 1 saturated carbocycles. The van der Waals surface area contributed by atoms with Crippen molar-refractivity contribution >= 4 is 11.9 Å². The SMILES string of the molecule is CCOC(=O)C1(O)CCN(C(=O)[C@@H]2C[C@]23CCc2ccccc23)CC1. The minimum absolute atomic E-state index is 0.0442. The van der Waals surface area contributed by atoms with Crippen LogP contribution >= 0.6 is 0 Å². The Morgan fingerprint density at radius 1 is 1.24 bits per heavy atom. The van der Waals surface area contributed by atoms with E-state index in [4.69, 9.17) is 4.74 Å². The monoisotopic (exact) mass is 343 g/mol. The van der Waals surface area contributed by atoms with E-state index in [9.17, 15) is 14.7 Å². The highest BCUT2D eigenvalue weighted by Crippen LogP contribution is 2.62. The molecule has 1 N–H and O–H groups in total. The van der Waals surface area contributed by atoms with Crippen LogP contribution in [0.15, 0.2) is 24.3 Å². The van der Waals surface area contributed by atoms with Gasteiger partial charge in [-0.1, -0.05) is 24.3 Å². The summed E-state index contributed by atoms with van der Waals surface area (Å²) in [6.45, 7) is 2.82. The Balaban J connectivity index is 1.41. The van der Waals surface area contributed by atoms with Crippen molar-refractivity contribution in [2.45, 2.75) is 50.0 Å². The zero-order chi connectivity index (χ0) is 17.7. The van der Waals surface area contributed by atoms with E-state index in [-0.39, 0.29) is 36.7 Å². The maximum absolute atomic E-state index is 13.0. The molecule has 2 fully saturated rings. The molecule has 1 aromatic carbocycles. The van der Waals surface area contributed by atoms with Crippen LogP contribution < -0.4 is 0 Å². The van der Waals surface area contributed by atoms with Gasteiger partial charge in [0.1, 0.15) is 0 Å². The lowest BCUT2D eigenvalue weighted by atomic mass is 9.90. The highest BCUT2D eigenvalue weighted by atomic mass is 16.5. The largest absolute Gasteiger partial charge is 0.464 e. The molecule has 4 rings (SSSR count). The number of carbonyl (C=O) groups is 2. The molecule has 1 amide bonds. The third kappa shape index (κ3) is 2.56.